The van der Waals surface area contributed by atoms with Crippen molar-refractivity contribution in [3.63, 3.8) is 0 Å². The first kappa shape index (κ1) is 21.7. The zero-order valence-electron chi connectivity index (χ0n) is 13.7. The first-order chi connectivity index (χ1) is 10.1. The second kappa shape index (κ2) is 8.36. The zero-order chi connectivity index (χ0) is 14.4. The van der Waals surface area contributed by atoms with Gasteiger partial charge in [0.1, 0.15) is 0 Å². The molecule has 0 amide bonds. The molecule has 0 atom stereocenters. The Morgan fingerprint density at radius 3 is 1.42 bits per heavy atom. The summed E-state index contributed by atoms with van der Waals surface area (Å²) in [6.45, 7) is 0. The molecule has 0 unspecified atom stereocenters. The molecule has 0 radical (unpaired) electrons. The van der Waals surface area contributed by atoms with Gasteiger partial charge in [-0.2, -0.15) is 0 Å². The predicted molar refractivity (Wildman–Crippen MR) is 95.8 cm³/mol. The van der Waals surface area contributed by atoms with Crippen LogP contribution in [0.5, 0.6) is 0 Å². The number of benzene rings is 2. The summed E-state index contributed by atoms with van der Waals surface area (Å²) in [5, 5.41) is 5.51. The third-order valence-electron chi connectivity index (χ3n) is 4.68. The third-order valence-corrected chi connectivity index (χ3v) is 11.9. The molecule has 0 nitrogen and oxygen atoms in total. The van der Waals surface area contributed by atoms with E-state index in [0.717, 1.165) is 0 Å². The van der Waals surface area contributed by atoms with Gasteiger partial charge >= 0.3 is 154 Å². The van der Waals surface area contributed by atoms with E-state index >= 15 is 0 Å². The average molecular weight is 493 g/mol. The Hall–Kier alpha value is -0.334. The first-order valence-corrected chi connectivity index (χ1v) is 13.8. The second-order valence-corrected chi connectivity index (χ2v) is 15.6. The minimum atomic E-state index is -2.20. The molecule has 4 rings (SSSR count). The van der Waals surface area contributed by atoms with E-state index in [9.17, 15) is 0 Å². The number of halogens is 2. The van der Waals surface area contributed by atoms with Crippen molar-refractivity contribution in [3.05, 3.63) is 72.8 Å². The van der Waals surface area contributed by atoms with Crippen LogP contribution in [-0.2, 0) is 26.2 Å². The molecule has 0 bridgehead atoms. The second-order valence-electron chi connectivity index (χ2n) is 6.37. The quantitative estimate of drug-likeness (QED) is 0.230. The van der Waals surface area contributed by atoms with Gasteiger partial charge in [-0.25, -0.2) is 0 Å². The fourth-order valence-corrected chi connectivity index (χ4v) is 8.22. The van der Waals surface area contributed by atoms with Crippen molar-refractivity contribution >= 4 is 43.6 Å². The van der Waals surface area contributed by atoms with Crippen molar-refractivity contribution in [1.29, 1.82) is 0 Å². The SMILES string of the molecule is [CH3][Ge]([CH3])([c]1cc2ccccc2[cH-]1)[c]1cc2ccccc2[cH-]1.[Cl-].[Cl-].[Zr+4]. The van der Waals surface area contributed by atoms with Crippen LogP contribution in [0, 0.1) is 0 Å². The van der Waals surface area contributed by atoms with Crippen LogP contribution in [0.1, 0.15) is 0 Å². The molecule has 0 aliphatic carbocycles. The van der Waals surface area contributed by atoms with E-state index in [4.69, 9.17) is 0 Å². The van der Waals surface area contributed by atoms with Crippen LogP contribution in [-0.4, -0.2) is 13.3 Å². The molecule has 0 N–H and O–H groups in total. The van der Waals surface area contributed by atoms with Gasteiger partial charge in [-0.3, -0.25) is 0 Å². The molecular formula is C20H18Cl2GeZr. The van der Waals surface area contributed by atoms with E-state index in [0.29, 0.717) is 0 Å². The van der Waals surface area contributed by atoms with Gasteiger partial charge in [-0.1, -0.05) is 0 Å². The molecule has 4 heteroatoms. The van der Waals surface area contributed by atoms with Crippen LogP contribution >= 0.6 is 0 Å². The molecule has 0 aliphatic rings. The van der Waals surface area contributed by atoms with Crippen molar-refractivity contribution in [3.8, 4) is 0 Å². The number of rotatable bonds is 2. The standard InChI is InChI=1S/C20H18Ge.2ClH.Zr/c1-21(2,19-11-15-7-3-4-8-16(15)12-19)20-13-17-9-5-6-10-18(17)14-20;;;/h3-14H,1-2H3;2*1H;/q-2;;;+4/p-2. The first-order valence-electron chi connectivity index (χ1n) is 7.46. The Morgan fingerprint density at radius 1 is 0.667 bits per heavy atom. The Morgan fingerprint density at radius 2 is 1.04 bits per heavy atom. The van der Waals surface area contributed by atoms with Crippen LogP contribution in [0.15, 0.2) is 72.8 Å². The monoisotopic (exact) mass is 492 g/mol. The molecule has 0 saturated heterocycles. The number of hydrogen-bond acceptors (Lipinski definition) is 0. The fourth-order valence-electron chi connectivity index (χ4n) is 3.19. The molecule has 120 valence electrons. The summed E-state index contributed by atoms with van der Waals surface area (Å²) in [6, 6.07) is 27.0. The van der Waals surface area contributed by atoms with Crippen molar-refractivity contribution in [2.24, 2.45) is 0 Å². The van der Waals surface area contributed by atoms with E-state index in [2.05, 4.69) is 84.3 Å². The zero-order valence-corrected chi connectivity index (χ0v) is 19.8. The predicted octanol–water partition coefficient (Wildman–Crippen LogP) is -1.74. The van der Waals surface area contributed by atoms with Crippen molar-refractivity contribution < 1.29 is 51.0 Å². The minimum absolute atomic E-state index is 0. The topological polar surface area (TPSA) is 0 Å². The summed E-state index contributed by atoms with van der Waals surface area (Å²) < 4.78 is 3.15. The normalized spacial score (nSPS) is 10.8. The van der Waals surface area contributed by atoms with Crippen LogP contribution in [0.4, 0.5) is 0 Å². The van der Waals surface area contributed by atoms with Crippen LogP contribution in [0.2, 0.25) is 11.5 Å². The van der Waals surface area contributed by atoms with Gasteiger partial charge in [0.25, 0.3) is 0 Å². The maximum atomic E-state index is 2.50. The Labute approximate surface area is 177 Å². The van der Waals surface area contributed by atoms with Gasteiger partial charge in [-0.15, -0.1) is 0 Å². The largest absolute Gasteiger partial charge is 4.00 e. The summed E-state index contributed by atoms with van der Waals surface area (Å²) in [4.78, 5) is 0. The Bertz CT molecular complexity index is 795. The van der Waals surface area contributed by atoms with Gasteiger partial charge < -0.3 is 24.8 Å². The number of fused-ring (bicyclic) bond motifs is 2. The van der Waals surface area contributed by atoms with Crippen molar-refractivity contribution in [2.75, 3.05) is 0 Å². The summed E-state index contributed by atoms with van der Waals surface area (Å²) >= 11 is -2.20. The van der Waals surface area contributed by atoms with E-state index < -0.39 is 13.3 Å². The summed E-state index contributed by atoms with van der Waals surface area (Å²) in [7, 11) is 0. The van der Waals surface area contributed by atoms with Gasteiger partial charge in [0.05, 0.1) is 0 Å². The van der Waals surface area contributed by atoms with E-state index in [1.807, 2.05) is 0 Å². The maximum absolute atomic E-state index is 2.50. The summed E-state index contributed by atoms with van der Waals surface area (Å²) in [5.74, 6) is 5.00. The van der Waals surface area contributed by atoms with Gasteiger partial charge in [-0.05, 0) is 0 Å². The molecule has 4 aromatic carbocycles. The molecule has 4 aromatic rings. The van der Waals surface area contributed by atoms with Gasteiger partial charge in [0, 0.05) is 0 Å². The van der Waals surface area contributed by atoms with Crippen LogP contribution in [0.3, 0.4) is 0 Å². The molecule has 0 heterocycles. The van der Waals surface area contributed by atoms with Crippen molar-refractivity contribution in [2.45, 2.75) is 11.5 Å². The van der Waals surface area contributed by atoms with Crippen molar-refractivity contribution in [1.82, 2.24) is 0 Å². The molecular weight excluding hydrogens is 475 g/mol. The Kier molecular flexibility index (Phi) is 7.57. The summed E-state index contributed by atoms with van der Waals surface area (Å²) in [6.07, 6.45) is 0. The molecule has 0 aromatic heterocycles. The molecule has 0 fully saturated rings. The van der Waals surface area contributed by atoms with Gasteiger partial charge in [0.15, 0.2) is 0 Å². The Balaban J connectivity index is 0.000000960. The fraction of sp³-hybridized carbons (Fsp3) is 0.100. The third kappa shape index (κ3) is 3.75. The minimum Gasteiger partial charge on any atom is -1.00 e. The van der Waals surface area contributed by atoms with Gasteiger partial charge in [0.2, 0.25) is 0 Å². The molecule has 24 heavy (non-hydrogen) atoms. The molecule has 0 spiro atoms. The molecule has 0 saturated carbocycles. The number of hydrogen-bond donors (Lipinski definition) is 0. The van der Waals surface area contributed by atoms with E-state index in [1.165, 1.54) is 21.5 Å². The van der Waals surface area contributed by atoms with Crippen LogP contribution < -0.4 is 33.6 Å². The summed E-state index contributed by atoms with van der Waals surface area (Å²) in [5.41, 5.74) is 0. The van der Waals surface area contributed by atoms with Crippen LogP contribution in [0.25, 0.3) is 21.5 Å². The smallest absolute Gasteiger partial charge is 1.00 e. The maximum Gasteiger partial charge on any atom is 4.00 e. The van der Waals surface area contributed by atoms with E-state index in [1.54, 1.807) is 8.79 Å². The average Bonchev–Trinajstić information content (AvgIpc) is 3.11. The van der Waals surface area contributed by atoms with E-state index in [-0.39, 0.29) is 51.0 Å². The molecule has 0 aliphatic heterocycles.